The molecular weight excluding hydrogens is 518 g/mol. The van der Waals surface area contributed by atoms with Crippen LogP contribution in [-0.4, -0.2) is 22.8 Å². The number of halogens is 1. The molecule has 3 fully saturated rings. The Balaban J connectivity index is 1.10. The fourth-order valence-corrected chi connectivity index (χ4v) is 7.30. The van der Waals surface area contributed by atoms with Gasteiger partial charge in [-0.1, -0.05) is 72.2 Å². The molecule has 2 aliphatic carbocycles. The normalized spacial score (nSPS) is 28.1. The van der Waals surface area contributed by atoms with Crippen molar-refractivity contribution in [1.29, 1.82) is 0 Å². The van der Waals surface area contributed by atoms with Crippen molar-refractivity contribution in [3.05, 3.63) is 90.0 Å². The molecular formula is C30H28BrNO4. The monoisotopic (exact) mass is 545 g/mol. The molecule has 6 heteroatoms. The fraction of sp³-hybridized carbons (Fsp3) is 0.333. The van der Waals surface area contributed by atoms with Gasteiger partial charge in [-0.05, 0) is 59.9 Å². The van der Waals surface area contributed by atoms with Crippen LogP contribution in [0.4, 0.5) is 5.69 Å². The van der Waals surface area contributed by atoms with E-state index in [9.17, 15) is 9.59 Å². The summed E-state index contributed by atoms with van der Waals surface area (Å²) in [6, 6.07) is 26.0. The highest BCUT2D eigenvalue weighted by atomic mass is 79.9. The van der Waals surface area contributed by atoms with Crippen LogP contribution in [0.15, 0.2) is 78.9 Å². The molecule has 36 heavy (non-hydrogen) atoms. The van der Waals surface area contributed by atoms with Crippen LogP contribution in [0.5, 0.6) is 11.5 Å². The van der Waals surface area contributed by atoms with E-state index in [1.54, 1.807) is 0 Å². The highest BCUT2D eigenvalue weighted by Crippen LogP contribution is 2.60. The molecule has 1 saturated heterocycles. The number of nitrogens with one attached hydrogen (secondary N) is 1. The van der Waals surface area contributed by atoms with E-state index < -0.39 is 0 Å². The first-order chi connectivity index (χ1) is 17.3. The Bertz CT molecular complexity index is 1290. The van der Waals surface area contributed by atoms with Crippen molar-refractivity contribution in [1.82, 2.24) is 0 Å². The Morgan fingerprint density at radius 3 is 2.19 bits per heavy atom. The van der Waals surface area contributed by atoms with Gasteiger partial charge < -0.3 is 14.8 Å². The first-order valence-electron chi connectivity index (χ1n) is 12.4. The number of esters is 1. The second kappa shape index (κ2) is 8.77. The molecule has 3 aromatic rings. The zero-order valence-corrected chi connectivity index (χ0v) is 21.8. The van der Waals surface area contributed by atoms with Gasteiger partial charge in [0.25, 0.3) is 0 Å². The predicted molar refractivity (Wildman–Crippen MR) is 141 cm³/mol. The molecule has 0 aromatic heterocycles. The largest absolute Gasteiger partial charge is 0.461 e. The summed E-state index contributed by atoms with van der Waals surface area (Å²) < 4.78 is 11.6. The number of anilines is 1. The zero-order valence-electron chi connectivity index (χ0n) is 20.2. The van der Waals surface area contributed by atoms with Gasteiger partial charge in [-0.25, -0.2) is 0 Å². The molecule has 0 spiro atoms. The highest BCUT2D eigenvalue weighted by molar-refractivity contribution is 9.09. The van der Waals surface area contributed by atoms with Crippen molar-refractivity contribution in [3.8, 4) is 11.5 Å². The summed E-state index contributed by atoms with van der Waals surface area (Å²) in [6.45, 7) is 4.43. The molecule has 6 atom stereocenters. The minimum absolute atomic E-state index is 0.0568. The summed E-state index contributed by atoms with van der Waals surface area (Å²) in [6.07, 6.45) is 0.787. The van der Waals surface area contributed by atoms with Gasteiger partial charge in [0.05, 0.1) is 16.7 Å². The number of hydrogen-bond acceptors (Lipinski definition) is 4. The third-order valence-corrected chi connectivity index (χ3v) is 9.45. The molecule has 0 radical (unpaired) electrons. The van der Waals surface area contributed by atoms with Gasteiger partial charge in [-0.3, -0.25) is 9.59 Å². The maximum absolute atomic E-state index is 13.1. The zero-order chi connectivity index (χ0) is 25.0. The summed E-state index contributed by atoms with van der Waals surface area (Å²) in [4.78, 5) is 25.5. The Kier molecular flexibility index (Phi) is 5.67. The fourth-order valence-electron chi connectivity index (χ4n) is 6.26. The molecule has 1 aliphatic heterocycles. The van der Waals surface area contributed by atoms with Gasteiger partial charge >= 0.3 is 5.97 Å². The predicted octanol–water partition coefficient (Wildman–Crippen LogP) is 6.31. The molecule has 2 bridgehead atoms. The van der Waals surface area contributed by atoms with E-state index >= 15 is 0 Å². The molecule has 2 saturated carbocycles. The van der Waals surface area contributed by atoms with Crippen LogP contribution in [0.25, 0.3) is 0 Å². The van der Waals surface area contributed by atoms with Crippen molar-refractivity contribution in [3.63, 3.8) is 0 Å². The van der Waals surface area contributed by atoms with Crippen molar-refractivity contribution in [2.75, 3.05) is 5.32 Å². The Morgan fingerprint density at radius 1 is 0.917 bits per heavy atom. The van der Waals surface area contributed by atoms with Gasteiger partial charge in [-0.15, -0.1) is 0 Å². The van der Waals surface area contributed by atoms with Crippen molar-refractivity contribution in [2.24, 2.45) is 23.7 Å². The first-order valence-corrected chi connectivity index (χ1v) is 13.3. The molecule has 3 aromatic carbocycles. The van der Waals surface area contributed by atoms with E-state index in [1.807, 2.05) is 42.5 Å². The van der Waals surface area contributed by atoms with Crippen molar-refractivity contribution >= 4 is 33.5 Å². The maximum atomic E-state index is 13.1. The summed E-state index contributed by atoms with van der Waals surface area (Å²) in [5, 5.41) is 3.00. The maximum Gasteiger partial charge on any atom is 0.310 e. The van der Waals surface area contributed by atoms with Gasteiger partial charge in [0.2, 0.25) is 5.91 Å². The van der Waals surface area contributed by atoms with Crippen molar-refractivity contribution in [2.45, 2.75) is 36.6 Å². The highest BCUT2D eigenvalue weighted by Gasteiger charge is 2.67. The van der Waals surface area contributed by atoms with Crippen LogP contribution in [-0.2, 0) is 19.7 Å². The number of rotatable bonds is 6. The summed E-state index contributed by atoms with van der Waals surface area (Å²) >= 11 is 3.66. The van der Waals surface area contributed by atoms with E-state index in [-0.39, 0.29) is 51.9 Å². The van der Waals surface area contributed by atoms with E-state index in [4.69, 9.17) is 9.47 Å². The second-order valence-electron chi connectivity index (χ2n) is 10.6. The van der Waals surface area contributed by atoms with Crippen LogP contribution in [0.3, 0.4) is 0 Å². The van der Waals surface area contributed by atoms with Crippen molar-refractivity contribution < 1.29 is 19.1 Å². The number of fused-ring (bicyclic) bond motifs is 1. The number of amides is 1. The van der Waals surface area contributed by atoms with Gasteiger partial charge in [-0.2, -0.15) is 0 Å². The molecule has 3 aliphatic rings. The lowest BCUT2D eigenvalue weighted by atomic mass is 9.78. The number of benzene rings is 3. The molecule has 5 nitrogen and oxygen atoms in total. The Hall–Kier alpha value is -3.12. The van der Waals surface area contributed by atoms with E-state index in [0.717, 1.165) is 12.2 Å². The van der Waals surface area contributed by atoms with Crippen LogP contribution in [0.1, 0.15) is 31.4 Å². The molecule has 1 N–H and O–H groups in total. The van der Waals surface area contributed by atoms with E-state index in [2.05, 4.69) is 71.5 Å². The molecule has 1 heterocycles. The van der Waals surface area contributed by atoms with Crippen LogP contribution in [0.2, 0.25) is 0 Å². The third kappa shape index (κ3) is 3.83. The molecule has 0 unspecified atom stereocenters. The van der Waals surface area contributed by atoms with Gasteiger partial charge in [0.1, 0.15) is 17.6 Å². The topological polar surface area (TPSA) is 64.6 Å². The standard InChI is InChI=1S/C30H28BrNO4/c1-30(2,17-6-4-3-5-7-17)18-8-12-20(13-9-18)35-21-14-10-19(11-15-21)32-28(33)24-22-16-23-25(24)29(34)36-27(23)26(22)31/h3-15,22-27H,16H2,1-2H3,(H,32,33)/t22-,23-,24-,25+,26+,27+/m1/s1. The van der Waals surface area contributed by atoms with E-state index in [0.29, 0.717) is 11.4 Å². The number of alkyl halides is 1. The van der Waals surface area contributed by atoms with Crippen LogP contribution in [0, 0.1) is 23.7 Å². The quantitative estimate of drug-likeness (QED) is 0.291. The minimum atomic E-state index is -0.347. The Labute approximate surface area is 219 Å². The lowest BCUT2D eigenvalue weighted by Gasteiger charge is -2.27. The lowest BCUT2D eigenvalue weighted by Crippen LogP contribution is -2.40. The smallest absolute Gasteiger partial charge is 0.310 e. The number of carbonyl (C=O) groups excluding carboxylic acids is 2. The summed E-state index contributed by atoms with van der Waals surface area (Å²) in [7, 11) is 0. The second-order valence-corrected chi connectivity index (χ2v) is 11.6. The van der Waals surface area contributed by atoms with Crippen LogP contribution < -0.4 is 10.1 Å². The van der Waals surface area contributed by atoms with Gasteiger partial charge in [0, 0.05) is 17.0 Å². The molecule has 1 amide bonds. The number of ether oxygens (including phenoxy) is 2. The third-order valence-electron chi connectivity index (χ3n) is 8.25. The molecule has 6 rings (SSSR count). The van der Waals surface area contributed by atoms with Gasteiger partial charge in [0.15, 0.2) is 0 Å². The number of hydrogen-bond donors (Lipinski definition) is 1. The summed E-state index contributed by atoms with van der Waals surface area (Å²) in [5.41, 5.74) is 3.05. The van der Waals surface area contributed by atoms with Crippen LogP contribution >= 0.6 is 15.9 Å². The van der Waals surface area contributed by atoms with E-state index in [1.165, 1.54) is 11.1 Å². The summed E-state index contributed by atoms with van der Waals surface area (Å²) in [5.74, 6) is 0.726. The average molecular weight is 546 g/mol. The average Bonchev–Trinajstić information content (AvgIpc) is 3.50. The first kappa shape index (κ1) is 23.3. The number of carbonyl (C=O) groups is 2. The SMILES string of the molecule is CC(C)(c1ccccc1)c1ccc(Oc2ccc(NC(=O)[C@@H]3[C@H]4C[C@H]5[C@H](OC(=O)[C@@H]53)[C@H]4Br)cc2)cc1. The lowest BCUT2D eigenvalue weighted by molar-refractivity contribution is -0.145. The minimum Gasteiger partial charge on any atom is -0.461 e. The molecule has 184 valence electrons. The Morgan fingerprint density at radius 2 is 1.53 bits per heavy atom.